The third-order valence-electron chi connectivity index (χ3n) is 7.14. The molecule has 38 heavy (non-hydrogen) atoms. The molecular weight excluding hydrogens is 492 g/mol. The van der Waals surface area contributed by atoms with Crippen molar-refractivity contribution in [3.8, 4) is 5.69 Å². The number of benzene rings is 1. The number of anilines is 1. The van der Waals surface area contributed by atoms with E-state index in [1.54, 1.807) is 12.4 Å². The standard InChI is InChI=1S/C30H32N6OS/c1-19-10-11-20(2)26(16-19)33-27(37)12-15-35-29(28(34-30(35)38)25-9-5-6-14-32-25)24-17-21(3)36(22(24)4)23-8-7-13-31-18-23/h5-11,13-14,16-18,28-29H,12,15H2,1-4H3,(H,33,37)(H,34,38)/t28-,29-/m1/s1. The quantitative estimate of drug-likeness (QED) is 0.311. The third-order valence-corrected chi connectivity index (χ3v) is 7.49. The van der Waals surface area contributed by atoms with Crippen LogP contribution in [0.15, 0.2) is 73.2 Å². The van der Waals surface area contributed by atoms with Crippen molar-refractivity contribution in [3.63, 3.8) is 0 Å². The molecule has 2 atom stereocenters. The first-order valence-corrected chi connectivity index (χ1v) is 13.2. The van der Waals surface area contributed by atoms with Gasteiger partial charge in [-0.05, 0) is 93.0 Å². The van der Waals surface area contributed by atoms with Crippen molar-refractivity contribution in [1.29, 1.82) is 0 Å². The maximum atomic E-state index is 13.0. The zero-order valence-corrected chi connectivity index (χ0v) is 22.9. The van der Waals surface area contributed by atoms with Crippen molar-refractivity contribution in [1.82, 2.24) is 24.8 Å². The molecule has 4 heterocycles. The van der Waals surface area contributed by atoms with Crippen LogP contribution in [0.2, 0.25) is 0 Å². The number of thiocarbonyl (C=S) groups is 1. The van der Waals surface area contributed by atoms with Crippen molar-refractivity contribution < 1.29 is 4.79 Å². The number of nitrogens with one attached hydrogen (secondary N) is 2. The van der Waals surface area contributed by atoms with Gasteiger partial charge in [0, 0.05) is 42.4 Å². The van der Waals surface area contributed by atoms with E-state index in [4.69, 9.17) is 12.2 Å². The van der Waals surface area contributed by atoms with E-state index in [0.717, 1.165) is 45.1 Å². The Morgan fingerprint density at radius 1 is 1.05 bits per heavy atom. The second-order valence-corrected chi connectivity index (χ2v) is 10.2. The van der Waals surface area contributed by atoms with E-state index < -0.39 is 0 Å². The predicted octanol–water partition coefficient (Wildman–Crippen LogP) is 5.50. The number of nitrogens with zero attached hydrogens (tertiary/aromatic N) is 4. The molecule has 7 nitrogen and oxygen atoms in total. The molecule has 1 aliphatic rings. The summed E-state index contributed by atoms with van der Waals surface area (Å²) in [5, 5.41) is 7.20. The number of hydrogen-bond acceptors (Lipinski definition) is 4. The van der Waals surface area contributed by atoms with Crippen molar-refractivity contribution >= 4 is 28.9 Å². The number of carbonyl (C=O) groups is 1. The van der Waals surface area contributed by atoms with Crippen LogP contribution in [0.5, 0.6) is 0 Å². The van der Waals surface area contributed by atoms with E-state index in [0.29, 0.717) is 18.1 Å². The first kappa shape index (κ1) is 25.6. The highest BCUT2D eigenvalue weighted by atomic mass is 32.1. The fourth-order valence-corrected chi connectivity index (χ4v) is 5.59. The van der Waals surface area contributed by atoms with Crippen LogP contribution in [-0.4, -0.2) is 37.0 Å². The lowest BCUT2D eigenvalue weighted by molar-refractivity contribution is -0.116. The van der Waals surface area contributed by atoms with Gasteiger partial charge >= 0.3 is 0 Å². The third kappa shape index (κ3) is 5.04. The monoisotopic (exact) mass is 524 g/mol. The first-order chi connectivity index (χ1) is 18.3. The molecule has 0 radical (unpaired) electrons. The van der Waals surface area contributed by atoms with Crippen molar-refractivity contribution in [3.05, 3.63) is 107 Å². The molecule has 0 aliphatic carbocycles. The number of carbonyl (C=O) groups excluding carboxylic acids is 1. The lowest BCUT2D eigenvalue weighted by Gasteiger charge is -2.28. The largest absolute Gasteiger partial charge is 0.352 e. The molecule has 2 N–H and O–H groups in total. The summed E-state index contributed by atoms with van der Waals surface area (Å²) >= 11 is 5.83. The van der Waals surface area contributed by atoms with E-state index in [1.807, 2.05) is 62.5 Å². The van der Waals surface area contributed by atoms with Gasteiger partial charge < -0.3 is 20.1 Å². The second kappa shape index (κ2) is 10.8. The summed E-state index contributed by atoms with van der Waals surface area (Å²) in [4.78, 5) is 24.1. The molecule has 1 fully saturated rings. The highest BCUT2D eigenvalue weighted by molar-refractivity contribution is 7.80. The van der Waals surface area contributed by atoms with E-state index in [1.165, 1.54) is 0 Å². The van der Waals surface area contributed by atoms with Gasteiger partial charge in [-0.2, -0.15) is 0 Å². The minimum absolute atomic E-state index is 0.0395. The molecule has 194 valence electrons. The molecule has 0 unspecified atom stereocenters. The molecule has 1 saturated heterocycles. The normalized spacial score (nSPS) is 16.9. The fraction of sp³-hybridized carbons (Fsp3) is 0.267. The minimum Gasteiger partial charge on any atom is -0.352 e. The Labute approximate surface area is 228 Å². The van der Waals surface area contributed by atoms with Crippen LogP contribution in [0, 0.1) is 27.7 Å². The van der Waals surface area contributed by atoms with Crippen LogP contribution in [0.1, 0.15) is 52.3 Å². The van der Waals surface area contributed by atoms with Crippen molar-refractivity contribution in [2.24, 2.45) is 0 Å². The van der Waals surface area contributed by atoms with Gasteiger partial charge in [0.15, 0.2) is 5.11 Å². The van der Waals surface area contributed by atoms with Crippen LogP contribution in [0.3, 0.4) is 0 Å². The van der Waals surface area contributed by atoms with E-state index in [9.17, 15) is 4.79 Å². The molecule has 0 bridgehead atoms. The van der Waals surface area contributed by atoms with E-state index >= 15 is 0 Å². The SMILES string of the molecule is Cc1ccc(C)c(NC(=O)CCN2C(=S)N[C@H](c3ccccn3)[C@H]2c2cc(C)n(-c3cccnc3)c2C)c1. The van der Waals surface area contributed by atoms with Gasteiger partial charge in [0.2, 0.25) is 5.91 Å². The summed E-state index contributed by atoms with van der Waals surface area (Å²) in [7, 11) is 0. The topological polar surface area (TPSA) is 75.1 Å². The average Bonchev–Trinajstić information content (AvgIpc) is 3.40. The van der Waals surface area contributed by atoms with Gasteiger partial charge in [-0.1, -0.05) is 18.2 Å². The molecule has 4 aromatic rings. The van der Waals surface area contributed by atoms with Gasteiger partial charge in [0.25, 0.3) is 0 Å². The minimum atomic E-state index is -0.145. The summed E-state index contributed by atoms with van der Waals surface area (Å²) in [5.41, 5.74) is 8.28. The van der Waals surface area contributed by atoms with Crippen LogP contribution in [0.4, 0.5) is 5.69 Å². The first-order valence-electron chi connectivity index (χ1n) is 12.8. The Hall–Kier alpha value is -4.04. The molecule has 0 saturated carbocycles. The summed E-state index contributed by atoms with van der Waals surface area (Å²) < 4.78 is 2.21. The zero-order chi connectivity index (χ0) is 26.8. The number of rotatable bonds is 7. The highest BCUT2D eigenvalue weighted by Gasteiger charge is 2.41. The Morgan fingerprint density at radius 2 is 1.89 bits per heavy atom. The summed E-state index contributed by atoms with van der Waals surface area (Å²) in [6, 6.07) is 17.9. The number of amides is 1. The molecular formula is C30H32N6OS. The Kier molecular flexibility index (Phi) is 7.24. The number of aromatic nitrogens is 3. The predicted molar refractivity (Wildman–Crippen MR) is 154 cm³/mol. The summed E-state index contributed by atoms with van der Waals surface area (Å²) in [5.74, 6) is -0.0395. The average molecular weight is 525 g/mol. The molecule has 3 aromatic heterocycles. The van der Waals surface area contributed by atoms with Gasteiger partial charge in [-0.3, -0.25) is 14.8 Å². The van der Waals surface area contributed by atoms with Crippen LogP contribution in [-0.2, 0) is 4.79 Å². The Bertz CT molecular complexity index is 1470. The lowest BCUT2D eigenvalue weighted by atomic mass is 9.96. The summed E-state index contributed by atoms with van der Waals surface area (Å²) in [6.07, 6.45) is 5.76. The smallest absolute Gasteiger partial charge is 0.226 e. The van der Waals surface area contributed by atoms with Gasteiger partial charge in [-0.25, -0.2) is 0 Å². The van der Waals surface area contributed by atoms with Gasteiger partial charge in [0.1, 0.15) is 0 Å². The fourth-order valence-electron chi connectivity index (χ4n) is 5.26. The number of aryl methyl sites for hydroxylation is 3. The molecule has 1 aliphatic heterocycles. The molecule has 8 heteroatoms. The molecule has 0 spiro atoms. The van der Waals surface area contributed by atoms with Gasteiger partial charge in [0.05, 0.1) is 29.7 Å². The zero-order valence-electron chi connectivity index (χ0n) is 22.1. The van der Waals surface area contributed by atoms with E-state index in [2.05, 4.69) is 56.0 Å². The van der Waals surface area contributed by atoms with Crippen LogP contribution >= 0.6 is 12.2 Å². The highest BCUT2D eigenvalue weighted by Crippen LogP contribution is 2.41. The Morgan fingerprint density at radius 3 is 2.63 bits per heavy atom. The Balaban J connectivity index is 1.46. The van der Waals surface area contributed by atoms with Crippen molar-refractivity contribution in [2.75, 3.05) is 11.9 Å². The lowest BCUT2D eigenvalue weighted by Crippen LogP contribution is -2.33. The van der Waals surface area contributed by atoms with Crippen LogP contribution < -0.4 is 10.6 Å². The molecule has 1 aromatic carbocycles. The molecule has 5 rings (SSSR count). The maximum Gasteiger partial charge on any atom is 0.226 e. The molecule has 1 amide bonds. The second-order valence-electron chi connectivity index (χ2n) is 9.81. The van der Waals surface area contributed by atoms with E-state index in [-0.39, 0.29) is 18.0 Å². The maximum absolute atomic E-state index is 13.0. The van der Waals surface area contributed by atoms with Crippen molar-refractivity contribution in [2.45, 2.75) is 46.2 Å². The van der Waals surface area contributed by atoms with Crippen LogP contribution in [0.25, 0.3) is 5.69 Å². The number of pyridine rings is 2. The van der Waals surface area contributed by atoms with Gasteiger partial charge in [-0.15, -0.1) is 0 Å². The number of hydrogen-bond donors (Lipinski definition) is 2. The summed E-state index contributed by atoms with van der Waals surface area (Å²) in [6.45, 7) is 8.72.